The number of amides is 1. The minimum Gasteiger partial charge on any atom is -0.480 e. The minimum atomic E-state index is -0.600. The van der Waals surface area contributed by atoms with E-state index in [2.05, 4.69) is 16.7 Å². The summed E-state index contributed by atoms with van der Waals surface area (Å²) in [6, 6.07) is 6.21. The SMILES string of the molecule is CC#Cc1c(F)ccc2cc(OCOC)cc(-c3nc(OC)c4c(N5C[C@@H]6CC[C@H]5CN6C(=O)OC(C)(C)C)nn(C5CC5)c4c3F)c12. The van der Waals surface area contributed by atoms with Gasteiger partial charge in [0.15, 0.2) is 18.4 Å². The quantitative estimate of drug-likeness (QED) is 0.158. The number of piperidine rings is 2. The molecule has 2 aromatic carbocycles. The Bertz CT molecular complexity index is 1990. The highest BCUT2D eigenvalue weighted by Gasteiger charge is 2.45. The zero-order valence-corrected chi connectivity index (χ0v) is 28.0. The Hall–Kier alpha value is -4.63. The van der Waals surface area contributed by atoms with Gasteiger partial charge in [0.25, 0.3) is 0 Å². The van der Waals surface area contributed by atoms with Gasteiger partial charge in [0.1, 0.15) is 33.8 Å². The fraction of sp³-hybridized carbons (Fsp3) is 0.472. The van der Waals surface area contributed by atoms with Crippen LogP contribution in [0.3, 0.4) is 0 Å². The Morgan fingerprint density at radius 1 is 1.02 bits per heavy atom. The van der Waals surface area contributed by atoms with Gasteiger partial charge >= 0.3 is 6.09 Å². The second kappa shape index (κ2) is 12.1. The van der Waals surface area contributed by atoms with Crippen molar-refractivity contribution in [1.82, 2.24) is 19.7 Å². The van der Waals surface area contributed by atoms with Crippen LogP contribution < -0.4 is 14.4 Å². The van der Waals surface area contributed by atoms with Gasteiger partial charge in [-0.1, -0.05) is 12.0 Å². The Labute approximate surface area is 277 Å². The lowest BCUT2D eigenvalue weighted by atomic mass is 9.91. The van der Waals surface area contributed by atoms with Crippen LogP contribution in [0.2, 0.25) is 0 Å². The standard InChI is InChI=1S/C36H39F2N5O5/c1-7-8-25-27(37)14-9-20-15-24(47-19-45-5)16-26(28(20)25)31-30(38)32-29(34(39-31)46-6)33(40-43(32)21-10-11-21)41-17-23-13-12-22(41)18-42(23)35(44)48-36(2,3)4/h9,14-16,21-23H,10-13,17-19H2,1-6H3/t22-,23-/m0/s1. The molecule has 4 aromatic rings. The molecule has 12 heteroatoms. The molecule has 0 N–H and O–H groups in total. The van der Waals surface area contributed by atoms with Crippen LogP contribution in [-0.2, 0) is 9.47 Å². The molecule has 0 unspecified atom stereocenters. The molecule has 4 fully saturated rings. The van der Waals surface area contributed by atoms with E-state index in [4.69, 9.17) is 29.0 Å². The Morgan fingerprint density at radius 3 is 2.42 bits per heavy atom. The van der Waals surface area contributed by atoms with Gasteiger partial charge in [-0.3, -0.25) is 4.68 Å². The molecule has 2 atom stereocenters. The molecule has 1 amide bonds. The molecule has 0 radical (unpaired) electrons. The van der Waals surface area contributed by atoms with E-state index < -0.39 is 17.2 Å². The highest BCUT2D eigenvalue weighted by atomic mass is 19.1. The molecule has 1 aliphatic carbocycles. The molecule has 2 aromatic heterocycles. The molecule has 3 saturated heterocycles. The molecule has 252 valence electrons. The number of benzene rings is 2. The third-order valence-electron chi connectivity index (χ3n) is 9.14. The first-order chi connectivity index (χ1) is 23.0. The van der Waals surface area contributed by atoms with E-state index in [1.165, 1.54) is 20.3 Å². The second-order valence-corrected chi connectivity index (χ2v) is 13.6. The van der Waals surface area contributed by atoms with Gasteiger partial charge < -0.3 is 28.7 Å². The number of fused-ring (bicyclic) bond motifs is 5. The van der Waals surface area contributed by atoms with Crippen molar-refractivity contribution in [2.45, 2.75) is 77.1 Å². The van der Waals surface area contributed by atoms with Crippen LogP contribution in [0.1, 0.15) is 65.0 Å². The summed E-state index contributed by atoms with van der Waals surface area (Å²) < 4.78 is 56.8. The number of pyridine rings is 1. The van der Waals surface area contributed by atoms with Gasteiger partial charge in [-0.2, -0.15) is 5.10 Å². The lowest BCUT2D eigenvalue weighted by molar-refractivity contribution is 0.000795. The minimum absolute atomic E-state index is 0.0167. The third-order valence-corrected chi connectivity index (χ3v) is 9.14. The predicted molar refractivity (Wildman–Crippen MR) is 177 cm³/mol. The van der Waals surface area contributed by atoms with E-state index in [9.17, 15) is 4.79 Å². The number of halogens is 2. The maximum Gasteiger partial charge on any atom is 0.410 e. The van der Waals surface area contributed by atoms with Gasteiger partial charge in [0.2, 0.25) is 5.88 Å². The van der Waals surface area contributed by atoms with Gasteiger partial charge in [0.05, 0.1) is 24.8 Å². The van der Waals surface area contributed by atoms with Crippen molar-refractivity contribution in [3.05, 3.63) is 41.5 Å². The zero-order chi connectivity index (χ0) is 33.9. The lowest BCUT2D eigenvalue weighted by Gasteiger charge is -2.51. The van der Waals surface area contributed by atoms with Crippen LogP contribution in [0.5, 0.6) is 11.6 Å². The molecule has 3 aliphatic heterocycles. The number of hydrogen-bond acceptors (Lipinski definition) is 8. The average molecular weight is 660 g/mol. The highest BCUT2D eigenvalue weighted by Crippen LogP contribution is 2.47. The number of rotatable bonds is 7. The molecule has 1 saturated carbocycles. The summed E-state index contributed by atoms with van der Waals surface area (Å²) in [6.45, 7) is 8.16. The number of aromatic nitrogens is 3. The van der Waals surface area contributed by atoms with E-state index in [1.807, 2.05) is 25.7 Å². The number of nitrogens with zero attached hydrogens (tertiary/aromatic N) is 5. The fourth-order valence-electron chi connectivity index (χ4n) is 6.95. The highest BCUT2D eigenvalue weighted by molar-refractivity contribution is 6.04. The molecule has 0 spiro atoms. The van der Waals surface area contributed by atoms with Crippen molar-refractivity contribution in [3.8, 4) is 34.7 Å². The average Bonchev–Trinajstić information content (AvgIpc) is 3.83. The van der Waals surface area contributed by atoms with E-state index in [1.54, 1.807) is 29.8 Å². The smallest absolute Gasteiger partial charge is 0.410 e. The largest absolute Gasteiger partial charge is 0.480 e. The summed E-state index contributed by atoms with van der Waals surface area (Å²) in [5.41, 5.74) is 0.0944. The van der Waals surface area contributed by atoms with E-state index in [-0.39, 0.29) is 53.7 Å². The Morgan fingerprint density at radius 2 is 1.77 bits per heavy atom. The van der Waals surface area contributed by atoms with Crippen molar-refractivity contribution >= 4 is 33.6 Å². The monoisotopic (exact) mass is 659 g/mol. The zero-order valence-electron chi connectivity index (χ0n) is 28.0. The second-order valence-electron chi connectivity index (χ2n) is 13.6. The molecular formula is C36H39F2N5O5. The lowest BCUT2D eigenvalue weighted by Crippen LogP contribution is -2.64. The Kier molecular flexibility index (Phi) is 8.06. The van der Waals surface area contributed by atoms with Gasteiger partial charge in [0, 0.05) is 37.2 Å². The summed E-state index contributed by atoms with van der Waals surface area (Å²) in [5, 5.41) is 6.52. The van der Waals surface area contributed by atoms with Gasteiger partial charge in [-0.25, -0.2) is 18.6 Å². The molecule has 5 heterocycles. The first-order valence-corrected chi connectivity index (χ1v) is 16.3. The van der Waals surface area contributed by atoms with Crippen molar-refractivity contribution in [1.29, 1.82) is 0 Å². The number of hydrogen-bond donors (Lipinski definition) is 0. The van der Waals surface area contributed by atoms with Crippen LogP contribution in [0, 0.1) is 23.5 Å². The topological polar surface area (TPSA) is 91.2 Å². The first kappa shape index (κ1) is 31.9. The Balaban J connectivity index is 1.40. The molecular weight excluding hydrogens is 620 g/mol. The molecule has 4 aliphatic rings. The van der Waals surface area contributed by atoms with Gasteiger partial charge in [-0.05, 0) is 77.0 Å². The number of anilines is 1. The number of piperazine rings is 1. The molecule has 2 bridgehead atoms. The van der Waals surface area contributed by atoms with Crippen LogP contribution in [0.4, 0.5) is 19.4 Å². The van der Waals surface area contributed by atoms with Crippen LogP contribution in [0.25, 0.3) is 32.9 Å². The summed E-state index contributed by atoms with van der Waals surface area (Å²) >= 11 is 0. The molecule has 8 rings (SSSR count). The number of ether oxygens (including phenoxy) is 4. The van der Waals surface area contributed by atoms with Crippen molar-refractivity contribution < 1.29 is 32.5 Å². The van der Waals surface area contributed by atoms with Gasteiger partial charge in [-0.15, -0.1) is 5.92 Å². The van der Waals surface area contributed by atoms with E-state index in [0.29, 0.717) is 46.4 Å². The summed E-state index contributed by atoms with van der Waals surface area (Å²) in [6.07, 6.45) is 3.08. The van der Waals surface area contributed by atoms with Crippen molar-refractivity contribution in [2.75, 3.05) is 39.0 Å². The summed E-state index contributed by atoms with van der Waals surface area (Å²) in [5.74, 6) is 5.71. The van der Waals surface area contributed by atoms with Crippen LogP contribution >= 0.6 is 0 Å². The van der Waals surface area contributed by atoms with Crippen molar-refractivity contribution in [2.24, 2.45) is 0 Å². The van der Waals surface area contributed by atoms with Crippen LogP contribution in [0.15, 0.2) is 24.3 Å². The number of carbonyl (C=O) groups is 1. The third kappa shape index (κ3) is 5.53. The maximum absolute atomic E-state index is 17.3. The molecule has 10 nitrogen and oxygen atoms in total. The van der Waals surface area contributed by atoms with Crippen molar-refractivity contribution in [3.63, 3.8) is 0 Å². The fourth-order valence-corrected chi connectivity index (χ4v) is 6.95. The summed E-state index contributed by atoms with van der Waals surface area (Å²) in [4.78, 5) is 21.8. The first-order valence-electron chi connectivity index (χ1n) is 16.3. The predicted octanol–water partition coefficient (Wildman–Crippen LogP) is 6.82. The maximum atomic E-state index is 17.3. The summed E-state index contributed by atoms with van der Waals surface area (Å²) in [7, 11) is 3.00. The number of methoxy groups -OCH3 is 2. The molecule has 48 heavy (non-hydrogen) atoms. The normalized spacial score (nSPS) is 19.1. The van der Waals surface area contributed by atoms with E-state index >= 15 is 8.78 Å². The van der Waals surface area contributed by atoms with E-state index in [0.717, 1.165) is 25.7 Å². The number of carbonyl (C=O) groups excluding carboxylic acids is 1. The van der Waals surface area contributed by atoms with Crippen LogP contribution in [-0.4, -0.2) is 77.5 Å².